The molecule has 6 nitrogen and oxygen atoms in total. The van der Waals surface area contributed by atoms with Gasteiger partial charge in [-0.1, -0.05) is 6.07 Å². The average molecular weight is 321 g/mol. The van der Waals surface area contributed by atoms with E-state index < -0.39 is 0 Å². The summed E-state index contributed by atoms with van der Waals surface area (Å²) in [6, 6.07) is 13.5. The second kappa shape index (κ2) is 7.47. The number of aromatic nitrogens is 1. The monoisotopic (exact) mass is 321 g/mol. The van der Waals surface area contributed by atoms with E-state index in [1.54, 1.807) is 18.5 Å². The summed E-state index contributed by atoms with van der Waals surface area (Å²) in [6.07, 6.45) is 3.44. The number of urea groups is 1. The van der Waals surface area contributed by atoms with Gasteiger partial charge in [0.15, 0.2) is 0 Å². The Bertz CT molecular complexity index is 733. The van der Waals surface area contributed by atoms with Gasteiger partial charge < -0.3 is 15.1 Å². The number of nitrogens with one attached hydrogen (secondary N) is 1. The van der Waals surface area contributed by atoms with Crippen LogP contribution in [-0.2, 0) is 6.54 Å². The van der Waals surface area contributed by atoms with Crippen LogP contribution >= 0.6 is 0 Å². The molecular formula is C18H19N5O. The summed E-state index contributed by atoms with van der Waals surface area (Å²) in [5.41, 5.74) is 2.72. The number of pyridine rings is 1. The number of hydrogen-bond acceptors (Lipinski definition) is 4. The Morgan fingerprint density at radius 2 is 1.92 bits per heavy atom. The maximum Gasteiger partial charge on any atom is 0.317 e. The van der Waals surface area contributed by atoms with E-state index in [0.29, 0.717) is 25.2 Å². The topological polar surface area (TPSA) is 72.3 Å². The van der Waals surface area contributed by atoms with E-state index in [0.717, 1.165) is 24.3 Å². The van der Waals surface area contributed by atoms with Gasteiger partial charge in [0.1, 0.15) is 0 Å². The predicted octanol–water partition coefficient (Wildman–Crippen LogP) is 1.99. The van der Waals surface area contributed by atoms with Crippen LogP contribution in [0.2, 0.25) is 0 Å². The van der Waals surface area contributed by atoms with Gasteiger partial charge in [-0.05, 0) is 35.9 Å². The highest BCUT2D eigenvalue weighted by Gasteiger charge is 2.21. The smallest absolute Gasteiger partial charge is 0.317 e. The first kappa shape index (κ1) is 15.8. The molecule has 2 amide bonds. The summed E-state index contributed by atoms with van der Waals surface area (Å²) in [5, 5.41) is 11.9. The van der Waals surface area contributed by atoms with E-state index in [-0.39, 0.29) is 6.03 Å². The molecule has 1 aromatic carbocycles. The van der Waals surface area contributed by atoms with Gasteiger partial charge in [-0.2, -0.15) is 5.26 Å². The van der Waals surface area contributed by atoms with Gasteiger partial charge in [0.05, 0.1) is 11.6 Å². The van der Waals surface area contributed by atoms with Crippen molar-refractivity contribution in [2.45, 2.75) is 6.54 Å². The van der Waals surface area contributed by atoms with Crippen molar-refractivity contribution in [3.05, 3.63) is 59.9 Å². The molecule has 0 radical (unpaired) electrons. The van der Waals surface area contributed by atoms with Crippen LogP contribution in [0.25, 0.3) is 0 Å². The second-order valence-corrected chi connectivity index (χ2v) is 5.65. The molecule has 1 saturated heterocycles. The number of hydrogen-bond donors (Lipinski definition) is 1. The molecule has 2 aromatic rings. The minimum atomic E-state index is -0.0442. The largest absolute Gasteiger partial charge is 0.368 e. The van der Waals surface area contributed by atoms with Crippen molar-refractivity contribution < 1.29 is 4.79 Å². The molecule has 0 spiro atoms. The number of nitriles is 1. The SMILES string of the molecule is N#Cc1cccc(N2CCN(C(=O)NCc3ccncc3)CC2)c1. The Morgan fingerprint density at radius 1 is 1.17 bits per heavy atom. The molecule has 1 N–H and O–H groups in total. The fourth-order valence-electron chi connectivity index (χ4n) is 2.73. The zero-order valence-corrected chi connectivity index (χ0v) is 13.4. The van der Waals surface area contributed by atoms with Crippen LogP contribution in [0.4, 0.5) is 10.5 Å². The third kappa shape index (κ3) is 3.82. The van der Waals surface area contributed by atoms with Gasteiger partial charge in [-0.25, -0.2) is 4.79 Å². The zero-order chi connectivity index (χ0) is 16.8. The lowest BCUT2D eigenvalue weighted by atomic mass is 10.2. The van der Waals surface area contributed by atoms with Crippen molar-refractivity contribution in [1.29, 1.82) is 5.26 Å². The lowest BCUT2D eigenvalue weighted by Crippen LogP contribution is -2.51. The number of benzene rings is 1. The molecular weight excluding hydrogens is 302 g/mol. The molecule has 3 rings (SSSR count). The van der Waals surface area contributed by atoms with Crippen molar-refractivity contribution in [2.75, 3.05) is 31.1 Å². The standard InChI is InChI=1S/C18H19N5O/c19-13-16-2-1-3-17(12-16)22-8-10-23(11-9-22)18(24)21-14-15-4-6-20-7-5-15/h1-7,12H,8-11,14H2,(H,21,24). The first-order valence-electron chi connectivity index (χ1n) is 7.93. The number of piperazine rings is 1. The Hall–Kier alpha value is -3.07. The third-order valence-corrected chi connectivity index (χ3v) is 4.10. The van der Waals surface area contributed by atoms with Crippen molar-refractivity contribution in [1.82, 2.24) is 15.2 Å². The van der Waals surface area contributed by atoms with E-state index in [2.05, 4.69) is 21.3 Å². The summed E-state index contributed by atoms with van der Waals surface area (Å²) >= 11 is 0. The van der Waals surface area contributed by atoms with Gasteiger partial charge in [0.25, 0.3) is 0 Å². The molecule has 1 aliphatic heterocycles. The maximum absolute atomic E-state index is 12.3. The van der Waals surface area contributed by atoms with Crippen LogP contribution in [0.1, 0.15) is 11.1 Å². The molecule has 0 unspecified atom stereocenters. The Balaban J connectivity index is 1.51. The van der Waals surface area contributed by atoms with Crippen molar-refractivity contribution in [3.8, 4) is 6.07 Å². The molecule has 0 bridgehead atoms. The van der Waals surface area contributed by atoms with Gasteiger partial charge in [-0.3, -0.25) is 4.98 Å². The fraction of sp³-hybridized carbons (Fsp3) is 0.278. The van der Waals surface area contributed by atoms with Crippen molar-refractivity contribution in [2.24, 2.45) is 0 Å². The summed E-state index contributed by atoms with van der Waals surface area (Å²) in [4.78, 5) is 20.2. The Morgan fingerprint density at radius 3 is 2.62 bits per heavy atom. The van der Waals surface area contributed by atoms with Crippen LogP contribution in [0, 0.1) is 11.3 Å². The Kier molecular flexibility index (Phi) is 4.92. The lowest BCUT2D eigenvalue weighted by molar-refractivity contribution is 0.194. The molecule has 1 aliphatic rings. The molecule has 0 atom stereocenters. The normalized spacial score (nSPS) is 14.1. The third-order valence-electron chi connectivity index (χ3n) is 4.10. The summed E-state index contributed by atoms with van der Waals surface area (Å²) < 4.78 is 0. The highest BCUT2D eigenvalue weighted by Crippen LogP contribution is 2.17. The van der Waals surface area contributed by atoms with E-state index in [1.165, 1.54) is 0 Å². The number of rotatable bonds is 3. The number of carbonyl (C=O) groups is 1. The van der Waals surface area contributed by atoms with Crippen LogP contribution in [-0.4, -0.2) is 42.1 Å². The summed E-state index contributed by atoms with van der Waals surface area (Å²) in [5.74, 6) is 0. The average Bonchev–Trinajstić information content (AvgIpc) is 2.67. The molecule has 6 heteroatoms. The van der Waals surface area contributed by atoms with Crippen LogP contribution in [0.5, 0.6) is 0 Å². The van der Waals surface area contributed by atoms with E-state index >= 15 is 0 Å². The predicted molar refractivity (Wildman–Crippen MR) is 91.4 cm³/mol. The fourth-order valence-corrected chi connectivity index (χ4v) is 2.73. The minimum absolute atomic E-state index is 0.0442. The number of anilines is 1. The number of nitrogens with zero attached hydrogens (tertiary/aromatic N) is 4. The zero-order valence-electron chi connectivity index (χ0n) is 13.4. The minimum Gasteiger partial charge on any atom is -0.368 e. The quantitative estimate of drug-likeness (QED) is 0.938. The van der Waals surface area contributed by atoms with Crippen LogP contribution in [0.15, 0.2) is 48.8 Å². The van der Waals surface area contributed by atoms with E-state index in [1.807, 2.05) is 35.2 Å². The molecule has 0 aliphatic carbocycles. The number of carbonyl (C=O) groups excluding carboxylic acids is 1. The maximum atomic E-state index is 12.3. The molecule has 0 saturated carbocycles. The molecule has 1 fully saturated rings. The van der Waals surface area contributed by atoms with E-state index in [9.17, 15) is 4.79 Å². The van der Waals surface area contributed by atoms with Gasteiger partial charge >= 0.3 is 6.03 Å². The van der Waals surface area contributed by atoms with Gasteiger partial charge in [-0.15, -0.1) is 0 Å². The highest BCUT2D eigenvalue weighted by atomic mass is 16.2. The number of amides is 2. The first-order chi connectivity index (χ1) is 11.8. The highest BCUT2D eigenvalue weighted by molar-refractivity contribution is 5.74. The van der Waals surface area contributed by atoms with Gasteiger partial charge in [0, 0.05) is 50.8 Å². The summed E-state index contributed by atoms with van der Waals surface area (Å²) in [6.45, 7) is 3.36. The van der Waals surface area contributed by atoms with Gasteiger partial charge in [0.2, 0.25) is 0 Å². The lowest BCUT2D eigenvalue weighted by Gasteiger charge is -2.36. The molecule has 2 heterocycles. The Labute approximate surface area is 141 Å². The first-order valence-corrected chi connectivity index (χ1v) is 7.93. The van der Waals surface area contributed by atoms with Crippen LogP contribution < -0.4 is 10.2 Å². The molecule has 24 heavy (non-hydrogen) atoms. The van der Waals surface area contributed by atoms with Crippen molar-refractivity contribution >= 4 is 11.7 Å². The molecule has 1 aromatic heterocycles. The summed E-state index contributed by atoms with van der Waals surface area (Å²) in [7, 11) is 0. The van der Waals surface area contributed by atoms with Crippen LogP contribution in [0.3, 0.4) is 0 Å². The second-order valence-electron chi connectivity index (χ2n) is 5.65. The molecule has 122 valence electrons. The van der Waals surface area contributed by atoms with Crippen molar-refractivity contribution in [3.63, 3.8) is 0 Å². The van der Waals surface area contributed by atoms with E-state index in [4.69, 9.17) is 5.26 Å².